The fourth-order valence-electron chi connectivity index (χ4n) is 2.39. The molecule has 4 heteroatoms. The van der Waals surface area contributed by atoms with Gasteiger partial charge in [0.05, 0.1) is 0 Å². The largest absolute Gasteiger partial charge is 0.360 e. The Morgan fingerprint density at radius 2 is 2.00 bits per heavy atom. The first-order chi connectivity index (χ1) is 9.67. The van der Waals surface area contributed by atoms with Gasteiger partial charge in [-0.25, -0.2) is 0 Å². The van der Waals surface area contributed by atoms with Crippen LogP contribution in [0.2, 0.25) is 0 Å². The van der Waals surface area contributed by atoms with Crippen molar-refractivity contribution in [2.45, 2.75) is 26.7 Å². The van der Waals surface area contributed by atoms with Crippen LogP contribution >= 0.6 is 11.3 Å². The Balaban J connectivity index is 1.83. The highest BCUT2D eigenvalue weighted by Gasteiger charge is 2.21. The molecule has 3 nitrogen and oxygen atoms in total. The number of hydrogen-bond donors (Lipinski definition) is 1. The summed E-state index contributed by atoms with van der Waals surface area (Å²) in [5.41, 5.74) is 4.82. The number of nitrogens with one attached hydrogen (secondary N) is 1. The molecule has 20 heavy (non-hydrogen) atoms. The van der Waals surface area contributed by atoms with Crippen molar-refractivity contribution in [1.29, 1.82) is 0 Å². The van der Waals surface area contributed by atoms with Crippen LogP contribution in [0, 0.1) is 19.8 Å². The van der Waals surface area contributed by atoms with Crippen LogP contribution < -0.4 is 5.32 Å². The zero-order valence-electron chi connectivity index (χ0n) is 11.9. The van der Waals surface area contributed by atoms with Crippen LogP contribution in [-0.4, -0.2) is 16.7 Å². The molecule has 3 rings (SSSR count). The van der Waals surface area contributed by atoms with E-state index < -0.39 is 0 Å². The Labute approximate surface area is 123 Å². The summed E-state index contributed by atoms with van der Waals surface area (Å²) < 4.78 is 0. The van der Waals surface area contributed by atoms with E-state index in [9.17, 15) is 0 Å². The Morgan fingerprint density at radius 1 is 1.30 bits per heavy atom. The molecule has 1 fully saturated rings. The second-order valence-electron chi connectivity index (χ2n) is 5.46. The van der Waals surface area contributed by atoms with Crippen molar-refractivity contribution >= 4 is 22.5 Å². The summed E-state index contributed by atoms with van der Waals surface area (Å²) in [6.45, 7) is 9.12. The summed E-state index contributed by atoms with van der Waals surface area (Å²) in [4.78, 5) is 0. The highest BCUT2D eigenvalue weighted by molar-refractivity contribution is 7.18. The van der Waals surface area contributed by atoms with Gasteiger partial charge < -0.3 is 5.32 Å². The minimum atomic E-state index is 0.846. The molecule has 1 aliphatic rings. The van der Waals surface area contributed by atoms with Gasteiger partial charge >= 0.3 is 0 Å². The predicted molar refractivity (Wildman–Crippen MR) is 86.1 cm³/mol. The highest BCUT2D eigenvalue weighted by Crippen LogP contribution is 2.32. The molecule has 0 radical (unpaired) electrons. The smallest absolute Gasteiger partial charge is 0.206 e. The van der Waals surface area contributed by atoms with Crippen molar-refractivity contribution in [3.05, 3.63) is 35.4 Å². The van der Waals surface area contributed by atoms with Crippen molar-refractivity contribution in [2.24, 2.45) is 5.92 Å². The third-order valence-corrected chi connectivity index (χ3v) is 4.64. The average Bonchev–Trinajstić information content (AvgIpc) is 3.13. The van der Waals surface area contributed by atoms with E-state index in [1.54, 1.807) is 11.3 Å². The van der Waals surface area contributed by atoms with E-state index in [0.29, 0.717) is 0 Å². The van der Waals surface area contributed by atoms with Crippen molar-refractivity contribution in [2.75, 3.05) is 11.9 Å². The monoisotopic (exact) mass is 285 g/mol. The van der Waals surface area contributed by atoms with Crippen LogP contribution in [0.5, 0.6) is 0 Å². The summed E-state index contributed by atoms with van der Waals surface area (Å²) in [5, 5.41) is 13.8. The fourth-order valence-corrected chi connectivity index (χ4v) is 3.12. The highest BCUT2D eigenvalue weighted by atomic mass is 32.1. The minimum Gasteiger partial charge on any atom is -0.360 e. The van der Waals surface area contributed by atoms with E-state index in [4.69, 9.17) is 0 Å². The molecule has 0 amide bonds. The molecule has 1 aliphatic carbocycles. The summed E-state index contributed by atoms with van der Waals surface area (Å²) in [6.07, 6.45) is 4.61. The maximum Gasteiger partial charge on any atom is 0.206 e. The second kappa shape index (κ2) is 5.37. The van der Waals surface area contributed by atoms with E-state index >= 15 is 0 Å². The number of aryl methyl sites for hydroxylation is 2. The Hall–Kier alpha value is -1.68. The minimum absolute atomic E-state index is 0.846. The van der Waals surface area contributed by atoms with Crippen LogP contribution in [-0.2, 0) is 0 Å². The molecule has 0 aliphatic heterocycles. The average molecular weight is 285 g/mol. The number of hydrogen-bond acceptors (Lipinski definition) is 4. The lowest BCUT2D eigenvalue weighted by molar-refractivity contribution is 0.882. The molecule has 0 saturated heterocycles. The summed E-state index contributed by atoms with van der Waals surface area (Å²) in [5.74, 6) is 0.846. The molecule has 0 unspecified atom stereocenters. The first-order valence-corrected chi connectivity index (χ1v) is 7.80. The lowest BCUT2D eigenvalue weighted by Gasteiger charge is -2.07. The lowest BCUT2D eigenvalue weighted by atomic mass is 10.00. The third-order valence-electron chi connectivity index (χ3n) is 3.71. The van der Waals surface area contributed by atoms with Gasteiger partial charge in [-0.3, -0.25) is 0 Å². The Morgan fingerprint density at radius 3 is 2.60 bits per heavy atom. The van der Waals surface area contributed by atoms with Gasteiger partial charge in [-0.15, -0.1) is 10.2 Å². The van der Waals surface area contributed by atoms with Gasteiger partial charge in [-0.1, -0.05) is 24.0 Å². The first-order valence-electron chi connectivity index (χ1n) is 6.99. The molecule has 1 aromatic carbocycles. The zero-order chi connectivity index (χ0) is 14.1. The van der Waals surface area contributed by atoms with Gasteiger partial charge in [0.1, 0.15) is 5.01 Å². The van der Waals surface area contributed by atoms with Crippen LogP contribution in [0.3, 0.4) is 0 Å². The SMILES string of the molecule is C=Cc1c(C)cc(-c2nnc(NCC3CC3)s2)cc1C. The lowest BCUT2D eigenvalue weighted by Crippen LogP contribution is -2.02. The van der Waals surface area contributed by atoms with Crippen molar-refractivity contribution < 1.29 is 0 Å². The number of rotatable bonds is 5. The molecule has 2 aromatic rings. The van der Waals surface area contributed by atoms with Gasteiger partial charge in [-0.05, 0) is 61.4 Å². The molecule has 104 valence electrons. The number of benzene rings is 1. The van der Waals surface area contributed by atoms with Crippen molar-refractivity contribution in [3.8, 4) is 10.6 Å². The Kier molecular flexibility index (Phi) is 3.57. The van der Waals surface area contributed by atoms with Gasteiger partial charge in [0.15, 0.2) is 0 Å². The van der Waals surface area contributed by atoms with Gasteiger partial charge in [0, 0.05) is 12.1 Å². The first kappa shape index (κ1) is 13.3. The Bertz CT molecular complexity index is 618. The zero-order valence-corrected chi connectivity index (χ0v) is 12.8. The van der Waals surface area contributed by atoms with E-state index in [1.165, 1.54) is 29.5 Å². The van der Waals surface area contributed by atoms with Crippen LogP contribution in [0.1, 0.15) is 29.5 Å². The van der Waals surface area contributed by atoms with Gasteiger partial charge in [0.25, 0.3) is 0 Å². The normalized spacial score (nSPS) is 14.3. The molecule has 1 aromatic heterocycles. The molecular weight excluding hydrogens is 266 g/mol. The predicted octanol–water partition coefficient (Wildman–Crippen LogP) is 4.29. The second-order valence-corrected chi connectivity index (χ2v) is 6.44. The quantitative estimate of drug-likeness (QED) is 0.890. The van der Waals surface area contributed by atoms with Gasteiger partial charge in [0.2, 0.25) is 5.13 Å². The molecule has 0 atom stereocenters. The third kappa shape index (κ3) is 2.75. The van der Waals surface area contributed by atoms with E-state index in [-0.39, 0.29) is 0 Å². The summed E-state index contributed by atoms with van der Waals surface area (Å²) >= 11 is 1.63. The number of nitrogens with zero attached hydrogens (tertiary/aromatic N) is 2. The van der Waals surface area contributed by atoms with Crippen molar-refractivity contribution in [3.63, 3.8) is 0 Å². The molecule has 1 N–H and O–H groups in total. The van der Waals surface area contributed by atoms with Crippen LogP contribution in [0.25, 0.3) is 16.6 Å². The molecule has 0 spiro atoms. The summed E-state index contributed by atoms with van der Waals surface area (Å²) in [6, 6.07) is 4.32. The van der Waals surface area contributed by atoms with Crippen molar-refractivity contribution in [1.82, 2.24) is 10.2 Å². The topological polar surface area (TPSA) is 37.8 Å². The maximum atomic E-state index is 4.30. The van der Waals surface area contributed by atoms with Crippen LogP contribution in [0.15, 0.2) is 18.7 Å². The maximum absolute atomic E-state index is 4.30. The van der Waals surface area contributed by atoms with E-state index in [0.717, 1.165) is 28.2 Å². The molecule has 1 heterocycles. The van der Waals surface area contributed by atoms with Crippen LogP contribution in [0.4, 0.5) is 5.13 Å². The standard InChI is InChI=1S/C16H19N3S/c1-4-14-10(2)7-13(8-11(14)3)15-18-19-16(20-15)17-9-12-5-6-12/h4,7-8,12H,1,5-6,9H2,2-3H3,(H,17,19). The van der Waals surface area contributed by atoms with Gasteiger partial charge in [-0.2, -0.15) is 0 Å². The molecule has 1 saturated carbocycles. The number of anilines is 1. The van der Waals surface area contributed by atoms with E-state index in [2.05, 4.69) is 48.1 Å². The fraction of sp³-hybridized carbons (Fsp3) is 0.375. The summed E-state index contributed by atoms with van der Waals surface area (Å²) in [7, 11) is 0. The number of aromatic nitrogens is 2. The van der Waals surface area contributed by atoms with E-state index in [1.807, 2.05) is 6.08 Å². The molecular formula is C16H19N3S. The molecule has 0 bridgehead atoms.